The Bertz CT molecular complexity index is 492. The van der Waals surface area contributed by atoms with Crippen LogP contribution in [-0.4, -0.2) is 6.29 Å². The summed E-state index contributed by atoms with van der Waals surface area (Å²) in [7, 11) is 0. The van der Waals surface area contributed by atoms with Crippen LogP contribution >= 0.6 is 0 Å². The maximum Gasteiger partial charge on any atom is 0.153 e. The Morgan fingerprint density at radius 1 is 1.00 bits per heavy atom. The van der Waals surface area contributed by atoms with E-state index >= 15 is 0 Å². The smallest absolute Gasteiger partial charge is 0.153 e. The highest BCUT2D eigenvalue weighted by Crippen LogP contribution is 2.23. The molecule has 0 N–H and O–H groups in total. The molecule has 0 atom stereocenters. The van der Waals surface area contributed by atoms with Gasteiger partial charge in [0.15, 0.2) is 6.29 Å². The highest BCUT2D eigenvalue weighted by Gasteiger charge is 2.02. The zero-order valence-electron chi connectivity index (χ0n) is 8.39. The van der Waals surface area contributed by atoms with Gasteiger partial charge in [-0.3, -0.25) is 4.79 Å². The molecule has 0 saturated heterocycles. The molecule has 0 saturated carbocycles. The number of rotatable bonds is 3. The van der Waals surface area contributed by atoms with Crippen molar-refractivity contribution in [3.63, 3.8) is 0 Å². The molecule has 0 aliphatic carbocycles. The standard InChI is InChI=1S/C13H9FO2/c14-11-5-7-12(8-6-11)16-13-4-2-1-3-10(13)9-15/h1-9H. The van der Waals surface area contributed by atoms with Crippen molar-refractivity contribution in [2.24, 2.45) is 0 Å². The van der Waals surface area contributed by atoms with E-state index in [2.05, 4.69) is 0 Å². The average molecular weight is 216 g/mol. The summed E-state index contributed by atoms with van der Waals surface area (Å²) in [6, 6.07) is 12.5. The number of hydrogen-bond donors (Lipinski definition) is 0. The van der Waals surface area contributed by atoms with Crippen LogP contribution in [0.3, 0.4) is 0 Å². The fraction of sp³-hybridized carbons (Fsp3) is 0. The van der Waals surface area contributed by atoms with Gasteiger partial charge in [-0.1, -0.05) is 12.1 Å². The SMILES string of the molecule is O=Cc1ccccc1Oc1ccc(F)cc1. The first-order chi connectivity index (χ1) is 7.79. The first-order valence-corrected chi connectivity index (χ1v) is 4.77. The third-order valence-corrected chi connectivity index (χ3v) is 2.09. The first kappa shape index (κ1) is 10.4. The molecule has 0 aliphatic rings. The molecule has 2 rings (SSSR count). The van der Waals surface area contributed by atoms with Gasteiger partial charge in [0, 0.05) is 0 Å². The summed E-state index contributed by atoms with van der Waals surface area (Å²) < 4.78 is 18.1. The van der Waals surface area contributed by atoms with Crippen LogP contribution in [0, 0.1) is 5.82 Å². The van der Waals surface area contributed by atoms with Crippen LogP contribution in [-0.2, 0) is 0 Å². The molecule has 16 heavy (non-hydrogen) atoms. The Morgan fingerprint density at radius 2 is 1.69 bits per heavy atom. The molecule has 0 fully saturated rings. The molecule has 2 aromatic carbocycles. The minimum absolute atomic E-state index is 0.323. The zero-order chi connectivity index (χ0) is 11.4. The number of halogens is 1. The summed E-state index contributed by atoms with van der Waals surface area (Å²) in [6.07, 6.45) is 0.721. The van der Waals surface area contributed by atoms with E-state index in [1.807, 2.05) is 0 Å². The Balaban J connectivity index is 2.26. The summed E-state index contributed by atoms with van der Waals surface area (Å²) in [5.74, 6) is 0.635. The quantitative estimate of drug-likeness (QED) is 0.734. The second kappa shape index (κ2) is 4.57. The monoisotopic (exact) mass is 216 g/mol. The number of ether oxygens (including phenoxy) is 1. The van der Waals surface area contributed by atoms with E-state index in [0.717, 1.165) is 6.29 Å². The highest BCUT2D eigenvalue weighted by molar-refractivity contribution is 5.79. The van der Waals surface area contributed by atoms with E-state index in [4.69, 9.17) is 4.74 Å². The predicted molar refractivity (Wildman–Crippen MR) is 58.3 cm³/mol. The lowest BCUT2D eigenvalue weighted by Crippen LogP contribution is -1.89. The fourth-order valence-electron chi connectivity index (χ4n) is 1.30. The lowest BCUT2D eigenvalue weighted by molar-refractivity contribution is 0.112. The lowest BCUT2D eigenvalue weighted by atomic mass is 10.2. The molecule has 0 heterocycles. The molecule has 0 spiro atoms. The Morgan fingerprint density at radius 3 is 2.38 bits per heavy atom. The molecule has 0 aliphatic heterocycles. The number of para-hydroxylation sites is 1. The molecule has 3 heteroatoms. The van der Waals surface area contributed by atoms with Gasteiger partial charge in [0.1, 0.15) is 17.3 Å². The highest BCUT2D eigenvalue weighted by atomic mass is 19.1. The maximum absolute atomic E-state index is 12.7. The van der Waals surface area contributed by atoms with Gasteiger partial charge in [0.05, 0.1) is 5.56 Å². The van der Waals surface area contributed by atoms with Crippen LogP contribution < -0.4 is 4.74 Å². The number of benzene rings is 2. The molecular weight excluding hydrogens is 207 g/mol. The molecule has 0 aromatic heterocycles. The van der Waals surface area contributed by atoms with Crippen LogP contribution in [0.25, 0.3) is 0 Å². The van der Waals surface area contributed by atoms with Crippen LogP contribution in [0.4, 0.5) is 4.39 Å². The molecule has 0 radical (unpaired) electrons. The summed E-state index contributed by atoms with van der Waals surface area (Å²) in [5, 5.41) is 0. The largest absolute Gasteiger partial charge is 0.457 e. The van der Waals surface area contributed by atoms with E-state index in [0.29, 0.717) is 17.1 Å². The van der Waals surface area contributed by atoms with E-state index in [-0.39, 0.29) is 5.82 Å². The van der Waals surface area contributed by atoms with Gasteiger partial charge in [0.2, 0.25) is 0 Å². The number of aldehydes is 1. The van der Waals surface area contributed by atoms with Gasteiger partial charge in [-0.2, -0.15) is 0 Å². The Labute approximate surface area is 92.3 Å². The fourth-order valence-corrected chi connectivity index (χ4v) is 1.30. The van der Waals surface area contributed by atoms with Crippen LogP contribution in [0.1, 0.15) is 10.4 Å². The second-order valence-electron chi connectivity index (χ2n) is 3.21. The summed E-state index contributed by atoms with van der Waals surface area (Å²) in [4.78, 5) is 10.7. The van der Waals surface area contributed by atoms with Gasteiger partial charge in [-0.25, -0.2) is 4.39 Å². The van der Waals surface area contributed by atoms with E-state index < -0.39 is 0 Å². The Kier molecular flexibility index (Phi) is 2.96. The predicted octanol–water partition coefficient (Wildman–Crippen LogP) is 3.43. The van der Waals surface area contributed by atoms with E-state index in [1.54, 1.807) is 24.3 Å². The second-order valence-corrected chi connectivity index (χ2v) is 3.21. The number of carbonyl (C=O) groups excluding carboxylic acids is 1. The molecule has 2 nitrogen and oxygen atoms in total. The minimum Gasteiger partial charge on any atom is -0.457 e. The molecular formula is C13H9FO2. The van der Waals surface area contributed by atoms with Crippen molar-refractivity contribution in [2.75, 3.05) is 0 Å². The van der Waals surface area contributed by atoms with Crippen molar-refractivity contribution in [1.29, 1.82) is 0 Å². The van der Waals surface area contributed by atoms with Gasteiger partial charge >= 0.3 is 0 Å². The van der Waals surface area contributed by atoms with Gasteiger partial charge in [-0.05, 0) is 36.4 Å². The Hall–Kier alpha value is -2.16. The number of hydrogen-bond acceptors (Lipinski definition) is 2. The van der Waals surface area contributed by atoms with Crippen molar-refractivity contribution in [3.05, 3.63) is 59.9 Å². The molecule has 0 amide bonds. The summed E-state index contributed by atoms with van der Waals surface area (Å²) >= 11 is 0. The maximum atomic E-state index is 12.7. The van der Waals surface area contributed by atoms with Gasteiger partial charge < -0.3 is 4.74 Å². The lowest BCUT2D eigenvalue weighted by Gasteiger charge is -2.07. The molecule has 2 aromatic rings. The van der Waals surface area contributed by atoms with Gasteiger partial charge in [-0.15, -0.1) is 0 Å². The van der Waals surface area contributed by atoms with Crippen molar-refractivity contribution in [1.82, 2.24) is 0 Å². The molecule has 80 valence electrons. The summed E-state index contributed by atoms with van der Waals surface area (Å²) in [5.41, 5.74) is 0.465. The minimum atomic E-state index is -0.323. The van der Waals surface area contributed by atoms with Crippen molar-refractivity contribution in [2.45, 2.75) is 0 Å². The topological polar surface area (TPSA) is 26.3 Å². The van der Waals surface area contributed by atoms with Crippen LogP contribution in [0.2, 0.25) is 0 Å². The average Bonchev–Trinajstić information content (AvgIpc) is 2.33. The van der Waals surface area contributed by atoms with Crippen molar-refractivity contribution in [3.8, 4) is 11.5 Å². The first-order valence-electron chi connectivity index (χ1n) is 4.77. The van der Waals surface area contributed by atoms with Gasteiger partial charge in [0.25, 0.3) is 0 Å². The van der Waals surface area contributed by atoms with Crippen LogP contribution in [0.5, 0.6) is 11.5 Å². The third-order valence-electron chi connectivity index (χ3n) is 2.09. The summed E-state index contributed by atoms with van der Waals surface area (Å²) in [6.45, 7) is 0. The third kappa shape index (κ3) is 2.25. The number of carbonyl (C=O) groups is 1. The zero-order valence-corrected chi connectivity index (χ0v) is 8.39. The normalized spacial score (nSPS) is 9.81. The van der Waals surface area contributed by atoms with E-state index in [1.165, 1.54) is 24.3 Å². The van der Waals surface area contributed by atoms with Crippen molar-refractivity contribution >= 4 is 6.29 Å². The van der Waals surface area contributed by atoms with Crippen molar-refractivity contribution < 1.29 is 13.9 Å². The van der Waals surface area contributed by atoms with Crippen LogP contribution in [0.15, 0.2) is 48.5 Å². The van der Waals surface area contributed by atoms with E-state index in [9.17, 15) is 9.18 Å². The molecule has 0 unspecified atom stereocenters. The molecule has 0 bridgehead atoms.